The molecule has 200 valence electrons. The number of hydrogen-bond donors (Lipinski definition) is 3. The van der Waals surface area contributed by atoms with Crippen LogP contribution < -0.4 is 19.7 Å². The molecule has 0 saturated carbocycles. The second-order valence-electron chi connectivity index (χ2n) is 8.96. The highest BCUT2D eigenvalue weighted by Crippen LogP contribution is 2.39. The molecule has 14 heteroatoms. The summed E-state index contributed by atoms with van der Waals surface area (Å²) in [7, 11) is -1.97. The molecule has 3 N–H and O–H groups in total. The number of ether oxygens (including phenoxy) is 2. The van der Waals surface area contributed by atoms with Gasteiger partial charge in [0.1, 0.15) is 17.2 Å². The van der Waals surface area contributed by atoms with Gasteiger partial charge in [0.25, 0.3) is 0 Å². The van der Waals surface area contributed by atoms with Crippen molar-refractivity contribution >= 4 is 44.2 Å². The first-order valence-electron chi connectivity index (χ1n) is 11.9. The summed E-state index contributed by atoms with van der Waals surface area (Å²) in [5, 5.41) is 6.02. The molecule has 4 heterocycles. The number of rotatable bonds is 6. The first kappa shape index (κ1) is 25.4. The molecule has 0 radical (unpaired) electrons. The molecule has 5 rings (SSSR count). The van der Waals surface area contributed by atoms with E-state index in [1.165, 1.54) is 11.4 Å². The van der Waals surface area contributed by atoms with Gasteiger partial charge in [0, 0.05) is 38.1 Å². The molecule has 0 bridgehead atoms. The molecule has 0 unspecified atom stereocenters. The number of sulfonamides is 1. The molecule has 2 saturated heterocycles. The number of nitrogens with one attached hydrogen (secondary N) is 3. The van der Waals surface area contributed by atoms with Gasteiger partial charge in [-0.15, -0.1) is 0 Å². The van der Waals surface area contributed by atoms with Gasteiger partial charge in [0.15, 0.2) is 0 Å². The Bertz CT molecular complexity index is 1390. The first-order valence-corrected chi connectivity index (χ1v) is 13.5. The molecule has 2 aliphatic heterocycles. The molecule has 0 spiro atoms. The lowest BCUT2D eigenvalue weighted by Gasteiger charge is -2.28. The summed E-state index contributed by atoms with van der Waals surface area (Å²) in [6.45, 7) is 1.40. The molecule has 10 nitrogen and oxygen atoms in total. The number of methoxy groups -OCH3 is 1. The maximum Gasteiger partial charge on any atom is 0.418 e. The Balaban J connectivity index is 1.50. The summed E-state index contributed by atoms with van der Waals surface area (Å²) >= 11 is 0. The van der Waals surface area contributed by atoms with Crippen LogP contribution in [0.5, 0.6) is 5.75 Å². The molecule has 2 fully saturated rings. The van der Waals surface area contributed by atoms with Gasteiger partial charge in [-0.25, -0.2) is 8.42 Å². The highest BCUT2D eigenvalue weighted by molar-refractivity contribution is 7.92. The van der Waals surface area contributed by atoms with Crippen LogP contribution in [0.3, 0.4) is 0 Å². The highest BCUT2D eigenvalue weighted by Gasteiger charge is 2.36. The number of aromatic amines is 1. The molecule has 0 atom stereocenters. The van der Waals surface area contributed by atoms with Crippen molar-refractivity contribution < 1.29 is 31.1 Å². The van der Waals surface area contributed by atoms with E-state index in [9.17, 15) is 21.6 Å². The Morgan fingerprint density at radius 2 is 1.97 bits per heavy atom. The van der Waals surface area contributed by atoms with E-state index < -0.39 is 21.8 Å². The highest BCUT2D eigenvalue weighted by atomic mass is 32.2. The number of alkyl halides is 3. The second-order valence-corrected chi connectivity index (χ2v) is 11.0. The lowest BCUT2D eigenvalue weighted by atomic mass is 10.1. The van der Waals surface area contributed by atoms with Crippen LogP contribution >= 0.6 is 0 Å². The molecule has 2 aromatic heterocycles. The molecule has 37 heavy (non-hydrogen) atoms. The average molecular weight is 541 g/mol. The lowest BCUT2D eigenvalue weighted by Crippen LogP contribution is -2.37. The number of halogens is 3. The quantitative estimate of drug-likeness (QED) is 0.424. The summed E-state index contributed by atoms with van der Waals surface area (Å²) in [6, 6.07) is 4.77. The lowest BCUT2D eigenvalue weighted by molar-refractivity contribution is -0.136. The fourth-order valence-electron chi connectivity index (χ4n) is 4.59. The third-order valence-electron chi connectivity index (χ3n) is 6.47. The minimum atomic E-state index is -4.59. The summed E-state index contributed by atoms with van der Waals surface area (Å²) in [4.78, 5) is 11.3. The van der Waals surface area contributed by atoms with Gasteiger partial charge >= 0.3 is 6.18 Å². The van der Waals surface area contributed by atoms with Crippen LogP contribution in [0.2, 0.25) is 0 Å². The average Bonchev–Trinajstić information content (AvgIpc) is 3.30. The van der Waals surface area contributed by atoms with Crippen LogP contribution in [0.4, 0.5) is 36.3 Å². The topological polar surface area (TPSA) is 121 Å². The van der Waals surface area contributed by atoms with E-state index >= 15 is 0 Å². The summed E-state index contributed by atoms with van der Waals surface area (Å²) in [5.41, 5.74) is 0.0711. The fourth-order valence-corrected chi connectivity index (χ4v) is 6.22. The fraction of sp³-hybridized carbons (Fsp3) is 0.478. The Morgan fingerprint density at radius 1 is 1.19 bits per heavy atom. The van der Waals surface area contributed by atoms with Crippen molar-refractivity contribution in [3.8, 4) is 5.75 Å². The maximum absolute atomic E-state index is 13.7. The van der Waals surface area contributed by atoms with Crippen molar-refractivity contribution in [2.75, 3.05) is 47.6 Å². The molecular formula is C23H27F3N6O4S. The largest absolute Gasteiger partial charge is 0.494 e. The third kappa shape index (κ3) is 5.25. The van der Waals surface area contributed by atoms with Gasteiger partial charge in [0.2, 0.25) is 16.0 Å². The number of aromatic nitrogens is 3. The van der Waals surface area contributed by atoms with Crippen molar-refractivity contribution in [1.82, 2.24) is 15.0 Å². The number of nitrogens with zero attached hydrogens (tertiary/aromatic N) is 3. The smallest absolute Gasteiger partial charge is 0.418 e. The molecule has 1 aromatic carbocycles. The zero-order valence-electron chi connectivity index (χ0n) is 20.1. The van der Waals surface area contributed by atoms with Crippen LogP contribution in [0.25, 0.3) is 11.0 Å². The number of fused-ring (bicyclic) bond motifs is 1. The SMILES string of the molecule is COc1cc(N2CCCCS2(=O)=O)ccc1Nc1nc(NC2CCOCC2)c2c(C(F)(F)F)c[nH]c2n1. The van der Waals surface area contributed by atoms with E-state index in [0.29, 0.717) is 56.1 Å². The Labute approximate surface area is 211 Å². The number of benzene rings is 1. The third-order valence-corrected chi connectivity index (χ3v) is 8.34. The van der Waals surface area contributed by atoms with E-state index in [1.807, 2.05) is 0 Å². The predicted octanol–water partition coefficient (Wildman–Crippen LogP) is 4.25. The number of anilines is 4. The van der Waals surface area contributed by atoms with Crippen molar-refractivity contribution in [2.45, 2.75) is 37.9 Å². The minimum Gasteiger partial charge on any atom is -0.494 e. The molecule has 2 aliphatic rings. The zero-order chi connectivity index (χ0) is 26.2. The van der Waals surface area contributed by atoms with Crippen LogP contribution in [0, 0.1) is 0 Å². The van der Waals surface area contributed by atoms with Gasteiger partial charge in [-0.05, 0) is 37.8 Å². The molecule has 3 aromatic rings. The van der Waals surface area contributed by atoms with E-state index in [4.69, 9.17) is 9.47 Å². The van der Waals surface area contributed by atoms with Crippen LogP contribution in [0.1, 0.15) is 31.2 Å². The predicted molar refractivity (Wildman–Crippen MR) is 133 cm³/mol. The van der Waals surface area contributed by atoms with Crippen molar-refractivity contribution in [3.05, 3.63) is 30.0 Å². The molecule has 0 amide bonds. The van der Waals surface area contributed by atoms with E-state index in [0.717, 1.165) is 12.6 Å². The zero-order valence-corrected chi connectivity index (χ0v) is 20.9. The van der Waals surface area contributed by atoms with Gasteiger partial charge in [-0.3, -0.25) is 4.31 Å². The van der Waals surface area contributed by atoms with E-state index in [1.54, 1.807) is 18.2 Å². The standard InChI is InChI=1S/C23H27F3N6O4S/c1-35-18-12-15(32-8-2-3-11-37(32,33)34)4-5-17(18)29-22-30-20-19(16(13-27-20)23(24,25)26)21(31-22)28-14-6-9-36-10-7-14/h4-5,12-14H,2-3,6-11H2,1H3,(H3,27,28,29,30,31). The summed E-state index contributed by atoms with van der Waals surface area (Å²) in [6.07, 6.45) is -1.06. The van der Waals surface area contributed by atoms with Gasteiger partial charge < -0.3 is 25.1 Å². The molecular weight excluding hydrogens is 513 g/mol. The van der Waals surface area contributed by atoms with Crippen LogP contribution in [-0.4, -0.2) is 62.0 Å². The van der Waals surface area contributed by atoms with Crippen molar-refractivity contribution in [2.24, 2.45) is 0 Å². The maximum atomic E-state index is 13.7. The van der Waals surface area contributed by atoms with Crippen molar-refractivity contribution in [1.29, 1.82) is 0 Å². The van der Waals surface area contributed by atoms with Gasteiger partial charge in [0.05, 0.1) is 35.2 Å². The summed E-state index contributed by atoms with van der Waals surface area (Å²) < 4.78 is 78.3. The number of H-pyrrole nitrogens is 1. The van der Waals surface area contributed by atoms with Gasteiger partial charge in [-0.1, -0.05) is 0 Å². The van der Waals surface area contributed by atoms with Crippen LogP contribution in [-0.2, 0) is 20.9 Å². The normalized spacial score (nSPS) is 18.6. The van der Waals surface area contributed by atoms with Crippen molar-refractivity contribution in [3.63, 3.8) is 0 Å². The Kier molecular flexibility index (Phi) is 6.79. The first-order chi connectivity index (χ1) is 17.7. The van der Waals surface area contributed by atoms with E-state index in [2.05, 4.69) is 25.6 Å². The second kappa shape index (κ2) is 9.89. The monoisotopic (exact) mass is 540 g/mol. The Morgan fingerprint density at radius 3 is 2.68 bits per heavy atom. The number of hydrogen-bond acceptors (Lipinski definition) is 8. The van der Waals surface area contributed by atoms with Crippen LogP contribution in [0.15, 0.2) is 24.4 Å². The Hall–Kier alpha value is -3.26. The van der Waals surface area contributed by atoms with E-state index in [-0.39, 0.29) is 34.6 Å². The minimum absolute atomic E-state index is 0.0226. The molecule has 0 aliphatic carbocycles. The van der Waals surface area contributed by atoms with Gasteiger partial charge in [-0.2, -0.15) is 23.1 Å². The summed E-state index contributed by atoms with van der Waals surface area (Å²) in [5.74, 6) is 0.530.